The van der Waals surface area contributed by atoms with Gasteiger partial charge < -0.3 is 15.2 Å². The van der Waals surface area contributed by atoms with E-state index in [1.54, 1.807) is 12.3 Å². The van der Waals surface area contributed by atoms with Crippen LogP contribution < -0.4 is 5.32 Å². The number of ether oxygens (including phenoxy) is 1. The van der Waals surface area contributed by atoms with Gasteiger partial charge in [0.15, 0.2) is 0 Å². The molecule has 106 valence electrons. The van der Waals surface area contributed by atoms with Crippen molar-refractivity contribution < 1.29 is 14.6 Å². The van der Waals surface area contributed by atoms with Crippen molar-refractivity contribution >= 4 is 16.8 Å². The molecule has 0 aliphatic rings. The molecule has 0 aliphatic carbocycles. The summed E-state index contributed by atoms with van der Waals surface area (Å²) in [5.74, 6) is -0.128. The Morgan fingerprint density at radius 1 is 1.25 bits per heavy atom. The van der Waals surface area contributed by atoms with Crippen molar-refractivity contribution in [3.05, 3.63) is 42.1 Å². The molecule has 0 saturated heterocycles. The van der Waals surface area contributed by atoms with E-state index in [1.807, 2.05) is 24.3 Å². The molecule has 0 spiro atoms. The van der Waals surface area contributed by atoms with Crippen LogP contribution in [0.1, 0.15) is 16.8 Å². The fraction of sp³-hybridized carbons (Fsp3) is 0.333. The first-order valence-electron chi connectivity index (χ1n) is 6.63. The Labute approximate surface area is 117 Å². The second-order valence-corrected chi connectivity index (χ2v) is 4.33. The molecule has 2 N–H and O–H groups in total. The Balaban J connectivity index is 1.91. The van der Waals surface area contributed by atoms with Gasteiger partial charge in [-0.25, -0.2) is 0 Å². The number of carbonyl (C=O) groups excluding carboxylic acids is 1. The Morgan fingerprint density at radius 2 is 2.10 bits per heavy atom. The maximum Gasteiger partial charge on any atom is 0.253 e. The first-order chi connectivity index (χ1) is 9.83. The van der Waals surface area contributed by atoms with Crippen molar-refractivity contribution in [2.75, 3.05) is 26.4 Å². The van der Waals surface area contributed by atoms with Crippen LogP contribution in [0.25, 0.3) is 10.9 Å². The summed E-state index contributed by atoms with van der Waals surface area (Å²) in [4.78, 5) is 16.4. The summed E-state index contributed by atoms with van der Waals surface area (Å²) in [5, 5.41) is 12.4. The number of hydrogen-bond donors (Lipinski definition) is 2. The Bertz CT molecular complexity index is 567. The number of para-hydroxylation sites is 1. The second kappa shape index (κ2) is 7.57. The van der Waals surface area contributed by atoms with E-state index >= 15 is 0 Å². The van der Waals surface area contributed by atoms with Gasteiger partial charge in [-0.05, 0) is 18.6 Å². The molecule has 0 fully saturated rings. The second-order valence-electron chi connectivity index (χ2n) is 4.33. The minimum atomic E-state index is -0.128. The van der Waals surface area contributed by atoms with E-state index in [1.165, 1.54) is 0 Å². The zero-order valence-electron chi connectivity index (χ0n) is 11.2. The van der Waals surface area contributed by atoms with Crippen LogP contribution >= 0.6 is 0 Å². The molecule has 2 aromatic rings. The molecule has 2 rings (SSSR count). The Morgan fingerprint density at radius 3 is 2.95 bits per heavy atom. The van der Waals surface area contributed by atoms with E-state index in [-0.39, 0.29) is 12.5 Å². The first kappa shape index (κ1) is 14.4. The number of aromatic nitrogens is 1. The molecule has 0 atom stereocenters. The lowest BCUT2D eigenvalue weighted by Crippen LogP contribution is -2.25. The molecular weight excluding hydrogens is 256 g/mol. The highest BCUT2D eigenvalue weighted by Crippen LogP contribution is 2.15. The molecule has 0 unspecified atom stereocenters. The summed E-state index contributed by atoms with van der Waals surface area (Å²) in [6.45, 7) is 1.41. The fourth-order valence-corrected chi connectivity index (χ4v) is 1.93. The number of pyridine rings is 1. The van der Waals surface area contributed by atoms with Gasteiger partial charge in [0.25, 0.3) is 5.91 Å². The molecule has 0 bridgehead atoms. The number of nitrogens with one attached hydrogen (secondary N) is 1. The van der Waals surface area contributed by atoms with Crippen LogP contribution in [0.3, 0.4) is 0 Å². The molecule has 0 aliphatic heterocycles. The maximum atomic E-state index is 12.1. The molecular formula is C15H18N2O3. The highest BCUT2D eigenvalue weighted by molar-refractivity contribution is 6.05. The zero-order chi connectivity index (χ0) is 14.2. The molecule has 1 aromatic heterocycles. The fourth-order valence-electron chi connectivity index (χ4n) is 1.93. The summed E-state index contributed by atoms with van der Waals surface area (Å²) < 4.78 is 5.13. The number of hydrogen-bond acceptors (Lipinski definition) is 4. The average Bonchev–Trinajstić information content (AvgIpc) is 2.50. The summed E-state index contributed by atoms with van der Waals surface area (Å²) >= 11 is 0. The summed E-state index contributed by atoms with van der Waals surface area (Å²) in [6.07, 6.45) is 2.39. The van der Waals surface area contributed by atoms with Gasteiger partial charge in [-0.2, -0.15) is 0 Å². The zero-order valence-corrected chi connectivity index (χ0v) is 11.2. The van der Waals surface area contributed by atoms with Crippen molar-refractivity contribution in [3.63, 3.8) is 0 Å². The van der Waals surface area contributed by atoms with Gasteiger partial charge in [-0.1, -0.05) is 18.2 Å². The van der Waals surface area contributed by atoms with Crippen LogP contribution in [0.15, 0.2) is 36.5 Å². The first-order valence-corrected chi connectivity index (χ1v) is 6.63. The highest BCUT2D eigenvalue weighted by Gasteiger charge is 2.09. The number of nitrogens with zero attached hydrogens (tertiary/aromatic N) is 1. The van der Waals surface area contributed by atoms with Gasteiger partial charge in [-0.3, -0.25) is 9.78 Å². The molecule has 5 heteroatoms. The lowest BCUT2D eigenvalue weighted by molar-refractivity contribution is 0.0868. The van der Waals surface area contributed by atoms with Crippen LogP contribution in [-0.2, 0) is 4.74 Å². The number of amides is 1. The van der Waals surface area contributed by atoms with Gasteiger partial charge in [0.2, 0.25) is 0 Å². The third-order valence-corrected chi connectivity index (χ3v) is 2.86. The molecule has 1 heterocycles. The number of benzene rings is 1. The van der Waals surface area contributed by atoms with Crippen molar-refractivity contribution in [2.24, 2.45) is 0 Å². The quantitative estimate of drug-likeness (QED) is 0.748. The van der Waals surface area contributed by atoms with Crippen LogP contribution in [0, 0.1) is 0 Å². The minimum Gasteiger partial charge on any atom is -0.394 e. The van der Waals surface area contributed by atoms with Crippen LogP contribution in [0.4, 0.5) is 0 Å². The minimum absolute atomic E-state index is 0.0219. The molecule has 0 saturated carbocycles. The third kappa shape index (κ3) is 3.76. The van der Waals surface area contributed by atoms with Gasteiger partial charge in [0, 0.05) is 24.7 Å². The van der Waals surface area contributed by atoms with E-state index in [9.17, 15) is 4.79 Å². The summed E-state index contributed by atoms with van der Waals surface area (Å²) in [7, 11) is 0. The third-order valence-electron chi connectivity index (χ3n) is 2.86. The standard InChI is InChI=1S/C15H18N2O3/c18-9-11-20-10-3-8-17-15(19)13-6-1-4-12-5-2-7-16-14(12)13/h1-2,4-7,18H,3,8-11H2,(H,17,19). The monoisotopic (exact) mass is 274 g/mol. The number of fused-ring (bicyclic) bond motifs is 1. The lowest BCUT2D eigenvalue weighted by atomic mass is 10.1. The average molecular weight is 274 g/mol. The van der Waals surface area contributed by atoms with Crippen LogP contribution in [-0.4, -0.2) is 42.4 Å². The van der Waals surface area contributed by atoms with Crippen molar-refractivity contribution in [3.8, 4) is 0 Å². The smallest absolute Gasteiger partial charge is 0.253 e. The largest absolute Gasteiger partial charge is 0.394 e. The number of aliphatic hydroxyl groups is 1. The lowest BCUT2D eigenvalue weighted by Gasteiger charge is -2.07. The van der Waals surface area contributed by atoms with Crippen LogP contribution in [0.2, 0.25) is 0 Å². The molecule has 1 amide bonds. The number of rotatable bonds is 7. The van der Waals surface area contributed by atoms with E-state index in [4.69, 9.17) is 9.84 Å². The predicted octanol–water partition coefficient (Wildman–Crippen LogP) is 1.36. The molecule has 1 aromatic carbocycles. The Hall–Kier alpha value is -1.98. The van der Waals surface area contributed by atoms with Gasteiger partial charge in [0.1, 0.15) is 0 Å². The van der Waals surface area contributed by atoms with E-state index < -0.39 is 0 Å². The summed E-state index contributed by atoms with van der Waals surface area (Å²) in [5.41, 5.74) is 1.29. The van der Waals surface area contributed by atoms with Crippen molar-refractivity contribution in [1.82, 2.24) is 10.3 Å². The van der Waals surface area contributed by atoms with E-state index in [2.05, 4.69) is 10.3 Å². The number of carbonyl (C=O) groups is 1. The van der Waals surface area contributed by atoms with Gasteiger partial charge in [0.05, 0.1) is 24.3 Å². The van der Waals surface area contributed by atoms with Crippen LogP contribution in [0.5, 0.6) is 0 Å². The topological polar surface area (TPSA) is 71.5 Å². The van der Waals surface area contributed by atoms with Crippen molar-refractivity contribution in [2.45, 2.75) is 6.42 Å². The normalized spacial score (nSPS) is 10.7. The molecule has 5 nitrogen and oxygen atoms in total. The Kier molecular flexibility index (Phi) is 5.46. The van der Waals surface area contributed by atoms with E-state index in [0.29, 0.717) is 37.3 Å². The number of aliphatic hydroxyl groups excluding tert-OH is 1. The van der Waals surface area contributed by atoms with Crippen molar-refractivity contribution in [1.29, 1.82) is 0 Å². The molecule has 0 radical (unpaired) electrons. The van der Waals surface area contributed by atoms with E-state index in [0.717, 1.165) is 5.39 Å². The highest BCUT2D eigenvalue weighted by atomic mass is 16.5. The SMILES string of the molecule is O=C(NCCCOCCO)c1cccc2cccnc12. The molecule has 20 heavy (non-hydrogen) atoms. The van der Waals surface area contributed by atoms with Gasteiger partial charge >= 0.3 is 0 Å². The van der Waals surface area contributed by atoms with Gasteiger partial charge in [-0.15, -0.1) is 0 Å². The summed E-state index contributed by atoms with van der Waals surface area (Å²) in [6, 6.07) is 9.34. The predicted molar refractivity (Wildman–Crippen MR) is 76.6 cm³/mol. The maximum absolute atomic E-state index is 12.1.